The molecule has 108 valence electrons. The second-order valence-electron chi connectivity index (χ2n) is 4.66. The summed E-state index contributed by atoms with van der Waals surface area (Å²) >= 11 is 0. The number of aliphatic carboxylic acids is 1. The third kappa shape index (κ3) is 3.54. The normalized spacial score (nSPS) is 21.6. The van der Waals surface area contributed by atoms with Crippen LogP contribution in [0.2, 0.25) is 0 Å². The SMILES string of the molecule is O=C(NCCc1ccccc1F)[C@@H]1CC[C@H](C(=O)O)O1. The minimum Gasteiger partial charge on any atom is -0.479 e. The number of carboxylic acids is 1. The van der Waals surface area contributed by atoms with Crippen molar-refractivity contribution < 1.29 is 23.8 Å². The molecule has 1 saturated heterocycles. The monoisotopic (exact) mass is 281 g/mol. The lowest BCUT2D eigenvalue weighted by Gasteiger charge is -2.11. The molecule has 1 amide bonds. The van der Waals surface area contributed by atoms with Crippen molar-refractivity contribution in [3.8, 4) is 0 Å². The number of ether oxygens (including phenoxy) is 1. The van der Waals surface area contributed by atoms with Crippen LogP contribution in [0.3, 0.4) is 0 Å². The zero-order valence-electron chi connectivity index (χ0n) is 10.8. The van der Waals surface area contributed by atoms with Crippen molar-refractivity contribution >= 4 is 11.9 Å². The predicted molar refractivity (Wildman–Crippen MR) is 68.6 cm³/mol. The van der Waals surface area contributed by atoms with Gasteiger partial charge in [0, 0.05) is 6.54 Å². The van der Waals surface area contributed by atoms with Crippen LogP contribution >= 0.6 is 0 Å². The highest BCUT2D eigenvalue weighted by molar-refractivity contribution is 5.82. The van der Waals surface area contributed by atoms with Gasteiger partial charge in [-0.25, -0.2) is 9.18 Å². The minimum atomic E-state index is -1.05. The fourth-order valence-corrected chi connectivity index (χ4v) is 2.15. The Morgan fingerprint density at radius 2 is 2.00 bits per heavy atom. The van der Waals surface area contributed by atoms with E-state index in [9.17, 15) is 14.0 Å². The van der Waals surface area contributed by atoms with Crippen LogP contribution in [0.25, 0.3) is 0 Å². The molecule has 2 N–H and O–H groups in total. The molecule has 0 spiro atoms. The van der Waals surface area contributed by atoms with Crippen molar-refractivity contribution in [2.24, 2.45) is 0 Å². The molecule has 0 aromatic heterocycles. The number of nitrogens with one attached hydrogen (secondary N) is 1. The van der Waals surface area contributed by atoms with Gasteiger partial charge in [-0.15, -0.1) is 0 Å². The zero-order chi connectivity index (χ0) is 14.5. The number of halogens is 1. The smallest absolute Gasteiger partial charge is 0.332 e. The number of carbonyl (C=O) groups excluding carboxylic acids is 1. The largest absolute Gasteiger partial charge is 0.479 e. The number of carbonyl (C=O) groups is 2. The lowest BCUT2D eigenvalue weighted by molar-refractivity contribution is -0.151. The molecule has 2 atom stereocenters. The summed E-state index contributed by atoms with van der Waals surface area (Å²) in [4.78, 5) is 22.5. The number of hydrogen-bond donors (Lipinski definition) is 2. The van der Waals surface area contributed by atoms with E-state index in [1.807, 2.05) is 0 Å². The highest BCUT2D eigenvalue weighted by Crippen LogP contribution is 2.19. The molecule has 0 unspecified atom stereocenters. The molecule has 0 radical (unpaired) electrons. The third-order valence-electron chi connectivity index (χ3n) is 3.24. The van der Waals surface area contributed by atoms with Gasteiger partial charge in [-0.3, -0.25) is 4.79 Å². The molecular formula is C14H16FNO4. The fourth-order valence-electron chi connectivity index (χ4n) is 2.15. The van der Waals surface area contributed by atoms with Gasteiger partial charge in [0.15, 0.2) is 6.10 Å². The van der Waals surface area contributed by atoms with Gasteiger partial charge in [0.1, 0.15) is 11.9 Å². The van der Waals surface area contributed by atoms with E-state index in [0.717, 1.165) is 0 Å². The highest BCUT2D eigenvalue weighted by Gasteiger charge is 2.34. The Balaban J connectivity index is 1.76. The Kier molecular flexibility index (Phi) is 4.68. The molecule has 1 heterocycles. The second-order valence-corrected chi connectivity index (χ2v) is 4.66. The quantitative estimate of drug-likeness (QED) is 0.848. The van der Waals surface area contributed by atoms with Crippen molar-refractivity contribution in [3.05, 3.63) is 35.6 Å². The zero-order valence-corrected chi connectivity index (χ0v) is 10.8. The summed E-state index contributed by atoms with van der Waals surface area (Å²) in [5, 5.41) is 11.4. The van der Waals surface area contributed by atoms with E-state index in [0.29, 0.717) is 24.8 Å². The average molecular weight is 281 g/mol. The first-order valence-electron chi connectivity index (χ1n) is 6.47. The van der Waals surface area contributed by atoms with E-state index < -0.39 is 18.2 Å². The standard InChI is InChI=1S/C14H16FNO4/c15-10-4-2-1-3-9(10)7-8-16-13(17)11-5-6-12(20-11)14(18)19/h1-4,11-12H,5-8H2,(H,16,17)(H,18,19)/t11-,12+/m0/s1. The van der Waals surface area contributed by atoms with Crippen molar-refractivity contribution in [2.45, 2.75) is 31.5 Å². The number of benzene rings is 1. The van der Waals surface area contributed by atoms with Crippen LogP contribution in [0.1, 0.15) is 18.4 Å². The summed E-state index contributed by atoms with van der Waals surface area (Å²) in [6, 6.07) is 6.37. The molecule has 1 aromatic rings. The van der Waals surface area contributed by atoms with Crippen LogP contribution in [0, 0.1) is 5.82 Å². The molecule has 6 heteroatoms. The van der Waals surface area contributed by atoms with Gasteiger partial charge in [0.25, 0.3) is 0 Å². The number of rotatable bonds is 5. The van der Waals surface area contributed by atoms with Crippen molar-refractivity contribution in [2.75, 3.05) is 6.54 Å². The molecule has 0 aliphatic carbocycles. The van der Waals surface area contributed by atoms with E-state index in [2.05, 4.69) is 5.32 Å². The Hall–Kier alpha value is -1.95. The predicted octanol–water partition coefficient (Wildman–Crippen LogP) is 1.12. The maximum Gasteiger partial charge on any atom is 0.332 e. The first-order valence-corrected chi connectivity index (χ1v) is 6.47. The lowest BCUT2D eigenvalue weighted by atomic mass is 10.1. The summed E-state index contributed by atoms with van der Waals surface area (Å²) in [5.41, 5.74) is 0.531. The van der Waals surface area contributed by atoms with Crippen molar-refractivity contribution in [3.63, 3.8) is 0 Å². The Labute approximate surface area is 115 Å². The lowest BCUT2D eigenvalue weighted by Crippen LogP contribution is -2.36. The molecule has 20 heavy (non-hydrogen) atoms. The maximum atomic E-state index is 13.4. The van der Waals surface area contributed by atoms with Crippen LogP contribution in [0.5, 0.6) is 0 Å². The number of amides is 1. The fraction of sp³-hybridized carbons (Fsp3) is 0.429. The van der Waals surface area contributed by atoms with Gasteiger partial charge in [0.2, 0.25) is 5.91 Å². The summed E-state index contributed by atoms with van der Waals surface area (Å²) in [5.74, 6) is -1.69. The molecular weight excluding hydrogens is 265 g/mol. The second kappa shape index (κ2) is 6.47. The van der Waals surface area contributed by atoms with E-state index >= 15 is 0 Å². The molecule has 1 aromatic carbocycles. The Morgan fingerprint density at radius 1 is 1.30 bits per heavy atom. The minimum absolute atomic E-state index is 0.289. The van der Waals surface area contributed by atoms with Gasteiger partial charge in [-0.1, -0.05) is 18.2 Å². The van der Waals surface area contributed by atoms with E-state index in [1.54, 1.807) is 18.2 Å². The van der Waals surface area contributed by atoms with Crippen LogP contribution < -0.4 is 5.32 Å². The van der Waals surface area contributed by atoms with Gasteiger partial charge in [-0.2, -0.15) is 0 Å². The summed E-state index contributed by atoms with van der Waals surface area (Å²) in [7, 11) is 0. The first-order chi connectivity index (χ1) is 9.58. The third-order valence-corrected chi connectivity index (χ3v) is 3.24. The highest BCUT2D eigenvalue weighted by atomic mass is 19.1. The van der Waals surface area contributed by atoms with Crippen LogP contribution in [-0.2, 0) is 20.7 Å². The molecule has 1 fully saturated rings. The molecule has 1 aliphatic rings. The molecule has 5 nitrogen and oxygen atoms in total. The Bertz CT molecular complexity index is 506. The van der Waals surface area contributed by atoms with Crippen LogP contribution in [0.4, 0.5) is 4.39 Å². The topological polar surface area (TPSA) is 75.6 Å². The van der Waals surface area contributed by atoms with E-state index in [4.69, 9.17) is 9.84 Å². The molecule has 2 rings (SSSR count). The van der Waals surface area contributed by atoms with Crippen molar-refractivity contribution in [1.82, 2.24) is 5.32 Å². The molecule has 0 bridgehead atoms. The summed E-state index contributed by atoms with van der Waals surface area (Å²) < 4.78 is 18.5. The van der Waals surface area contributed by atoms with Gasteiger partial charge >= 0.3 is 5.97 Å². The van der Waals surface area contributed by atoms with Gasteiger partial charge < -0.3 is 15.2 Å². The average Bonchev–Trinajstić information content (AvgIpc) is 2.91. The summed E-state index contributed by atoms with van der Waals surface area (Å²) in [6.45, 7) is 0.289. The van der Waals surface area contributed by atoms with E-state index in [-0.39, 0.29) is 18.3 Å². The molecule has 0 saturated carbocycles. The number of hydrogen-bond acceptors (Lipinski definition) is 3. The van der Waals surface area contributed by atoms with Crippen LogP contribution in [-0.4, -0.2) is 35.7 Å². The first kappa shape index (κ1) is 14.5. The Morgan fingerprint density at radius 3 is 2.65 bits per heavy atom. The summed E-state index contributed by atoms with van der Waals surface area (Å²) in [6.07, 6.45) is -0.523. The molecule has 1 aliphatic heterocycles. The maximum absolute atomic E-state index is 13.4. The van der Waals surface area contributed by atoms with Gasteiger partial charge in [0.05, 0.1) is 0 Å². The van der Waals surface area contributed by atoms with Crippen molar-refractivity contribution in [1.29, 1.82) is 0 Å². The van der Waals surface area contributed by atoms with Crippen LogP contribution in [0.15, 0.2) is 24.3 Å². The van der Waals surface area contributed by atoms with Gasteiger partial charge in [-0.05, 0) is 30.9 Å². The number of carboxylic acid groups (broad SMARTS) is 1. The van der Waals surface area contributed by atoms with E-state index in [1.165, 1.54) is 6.07 Å².